The number of nitriles is 1. The van der Waals surface area contributed by atoms with Crippen LogP contribution in [-0.4, -0.2) is 10.8 Å². The van der Waals surface area contributed by atoms with Crippen molar-refractivity contribution in [2.75, 3.05) is 0 Å². The lowest BCUT2D eigenvalue weighted by Gasteiger charge is -2.13. The molecule has 1 amide bonds. The molecule has 7 heteroatoms. The van der Waals surface area contributed by atoms with Crippen molar-refractivity contribution in [2.24, 2.45) is 0 Å². The fraction of sp³-hybridized carbons (Fsp3) is 0.111. The molecule has 0 aliphatic rings. The number of halogens is 1. The maximum absolute atomic E-state index is 12.3. The number of benzene rings is 2. The molecule has 25 heavy (non-hydrogen) atoms. The summed E-state index contributed by atoms with van der Waals surface area (Å²) in [5.41, 5.74) is 0.757. The largest absolute Gasteiger partial charge is 0.345 e. The quantitative estimate of drug-likeness (QED) is 0.379. The second-order valence-electron chi connectivity index (χ2n) is 5.24. The van der Waals surface area contributed by atoms with Gasteiger partial charge in [0.2, 0.25) is 0 Å². The molecule has 0 spiro atoms. The maximum atomic E-state index is 12.3. The van der Waals surface area contributed by atoms with Gasteiger partial charge in [-0.25, -0.2) is 0 Å². The average molecular weight is 356 g/mol. The Labute approximate surface area is 149 Å². The zero-order valence-electron chi connectivity index (χ0n) is 13.3. The molecular formula is C18H14ClN3O3. The van der Waals surface area contributed by atoms with E-state index in [4.69, 9.17) is 11.6 Å². The van der Waals surface area contributed by atoms with Crippen LogP contribution in [0.1, 0.15) is 24.1 Å². The van der Waals surface area contributed by atoms with Gasteiger partial charge < -0.3 is 5.32 Å². The van der Waals surface area contributed by atoms with Gasteiger partial charge in [0.15, 0.2) is 0 Å². The molecule has 0 fully saturated rings. The van der Waals surface area contributed by atoms with Crippen molar-refractivity contribution in [1.29, 1.82) is 5.26 Å². The van der Waals surface area contributed by atoms with Gasteiger partial charge in [0.1, 0.15) is 11.6 Å². The topological polar surface area (TPSA) is 96.0 Å². The van der Waals surface area contributed by atoms with Gasteiger partial charge in [0, 0.05) is 22.7 Å². The van der Waals surface area contributed by atoms with Gasteiger partial charge in [0.05, 0.1) is 11.0 Å². The summed E-state index contributed by atoms with van der Waals surface area (Å²) in [7, 11) is 0. The van der Waals surface area contributed by atoms with Crippen LogP contribution in [0.15, 0.2) is 54.1 Å². The Balaban J connectivity index is 2.26. The van der Waals surface area contributed by atoms with E-state index in [1.54, 1.807) is 13.0 Å². The Morgan fingerprint density at radius 3 is 2.60 bits per heavy atom. The Morgan fingerprint density at radius 2 is 2.00 bits per heavy atom. The molecule has 1 N–H and O–H groups in total. The highest BCUT2D eigenvalue weighted by Gasteiger charge is 2.15. The summed E-state index contributed by atoms with van der Waals surface area (Å²) >= 11 is 6.00. The van der Waals surface area contributed by atoms with Crippen molar-refractivity contribution < 1.29 is 9.72 Å². The maximum Gasteiger partial charge on any atom is 0.270 e. The first-order valence-corrected chi connectivity index (χ1v) is 7.71. The Bertz CT molecular complexity index is 873. The van der Waals surface area contributed by atoms with Gasteiger partial charge in [-0.2, -0.15) is 5.26 Å². The number of hydrogen-bond acceptors (Lipinski definition) is 4. The normalized spacial score (nSPS) is 12.1. The van der Waals surface area contributed by atoms with Crippen molar-refractivity contribution >= 4 is 29.3 Å². The molecule has 2 rings (SSSR count). The molecule has 0 heterocycles. The zero-order chi connectivity index (χ0) is 18.4. The second-order valence-corrected chi connectivity index (χ2v) is 5.65. The van der Waals surface area contributed by atoms with Gasteiger partial charge in [-0.15, -0.1) is 0 Å². The van der Waals surface area contributed by atoms with Crippen LogP contribution in [0.5, 0.6) is 0 Å². The lowest BCUT2D eigenvalue weighted by molar-refractivity contribution is -0.384. The SMILES string of the molecule is C[C@@H](NC(=O)/C(C#N)=C\c1cc([N+](=O)[O-])ccc1Cl)c1ccccc1. The zero-order valence-corrected chi connectivity index (χ0v) is 14.0. The summed E-state index contributed by atoms with van der Waals surface area (Å²) in [5, 5.41) is 23.0. The third-order valence-corrected chi connectivity index (χ3v) is 3.85. The number of rotatable bonds is 5. The third kappa shape index (κ3) is 4.66. The number of hydrogen-bond donors (Lipinski definition) is 1. The molecule has 1 atom stereocenters. The van der Waals surface area contributed by atoms with Crippen LogP contribution < -0.4 is 5.32 Å². The minimum atomic E-state index is -0.582. The lowest BCUT2D eigenvalue weighted by Crippen LogP contribution is -2.27. The molecular weight excluding hydrogens is 342 g/mol. The van der Waals surface area contributed by atoms with Crippen molar-refractivity contribution in [3.63, 3.8) is 0 Å². The highest BCUT2D eigenvalue weighted by molar-refractivity contribution is 6.32. The first-order valence-electron chi connectivity index (χ1n) is 7.34. The molecule has 0 saturated heterocycles. The predicted octanol–water partition coefficient (Wildman–Crippen LogP) is 4.03. The number of nitro benzene ring substituents is 1. The standard InChI is InChI=1S/C18H14ClN3O3/c1-12(13-5-3-2-4-6-13)21-18(23)15(11-20)9-14-10-16(22(24)25)7-8-17(14)19/h2-10,12H,1H3,(H,21,23)/b15-9-/t12-/m1/s1. The van der Waals surface area contributed by atoms with Crippen molar-refractivity contribution in [3.05, 3.63) is 80.4 Å². The van der Waals surface area contributed by atoms with Crippen molar-refractivity contribution in [1.82, 2.24) is 5.32 Å². The van der Waals surface area contributed by atoms with Gasteiger partial charge in [-0.05, 0) is 24.6 Å². The number of carbonyl (C=O) groups excluding carboxylic acids is 1. The van der Waals surface area contributed by atoms with Gasteiger partial charge in [0.25, 0.3) is 11.6 Å². The predicted molar refractivity (Wildman–Crippen MR) is 94.7 cm³/mol. The van der Waals surface area contributed by atoms with E-state index in [9.17, 15) is 20.2 Å². The lowest BCUT2D eigenvalue weighted by atomic mass is 10.1. The van der Waals surface area contributed by atoms with Crippen molar-refractivity contribution in [3.8, 4) is 6.07 Å². The Hall–Kier alpha value is -3.17. The summed E-state index contributed by atoms with van der Waals surface area (Å²) < 4.78 is 0. The number of amides is 1. The summed E-state index contributed by atoms with van der Waals surface area (Å²) in [5.74, 6) is -0.582. The minimum absolute atomic E-state index is 0.175. The fourth-order valence-corrected chi connectivity index (χ4v) is 2.33. The molecule has 0 aliphatic carbocycles. The van der Waals surface area contributed by atoms with E-state index in [1.807, 2.05) is 30.3 Å². The molecule has 0 saturated carbocycles. The van der Waals surface area contributed by atoms with Crippen LogP contribution >= 0.6 is 11.6 Å². The second kappa shape index (κ2) is 8.08. The van der Waals surface area contributed by atoms with E-state index in [0.29, 0.717) is 0 Å². The molecule has 2 aromatic rings. The van der Waals surface area contributed by atoms with E-state index in [0.717, 1.165) is 5.56 Å². The molecule has 2 aromatic carbocycles. The Kier molecular flexibility index (Phi) is 5.88. The fourth-order valence-electron chi connectivity index (χ4n) is 2.16. The minimum Gasteiger partial charge on any atom is -0.345 e. The van der Waals surface area contributed by atoms with E-state index in [1.165, 1.54) is 24.3 Å². The van der Waals surface area contributed by atoms with Gasteiger partial charge in [-0.3, -0.25) is 14.9 Å². The van der Waals surface area contributed by atoms with Crippen LogP contribution in [0, 0.1) is 21.4 Å². The molecule has 0 unspecified atom stereocenters. The smallest absolute Gasteiger partial charge is 0.270 e. The summed E-state index contributed by atoms with van der Waals surface area (Å²) in [6, 6.07) is 14.6. The van der Waals surface area contributed by atoms with Gasteiger partial charge >= 0.3 is 0 Å². The van der Waals surface area contributed by atoms with Crippen LogP contribution in [0.4, 0.5) is 5.69 Å². The van der Waals surface area contributed by atoms with Crippen LogP contribution in [0.3, 0.4) is 0 Å². The third-order valence-electron chi connectivity index (χ3n) is 3.50. The van der Waals surface area contributed by atoms with Crippen LogP contribution in [-0.2, 0) is 4.79 Å². The summed E-state index contributed by atoms with van der Waals surface area (Å²) in [4.78, 5) is 22.6. The first-order chi connectivity index (χ1) is 11.9. The number of nitrogens with zero attached hydrogens (tertiary/aromatic N) is 2. The van der Waals surface area contributed by atoms with E-state index >= 15 is 0 Å². The number of carbonyl (C=O) groups is 1. The molecule has 0 aromatic heterocycles. The highest BCUT2D eigenvalue weighted by atomic mass is 35.5. The number of nitro groups is 1. The molecule has 126 valence electrons. The first kappa shape index (κ1) is 18.2. The van der Waals surface area contributed by atoms with E-state index in [2.05, 4.69) is 5.32 Å². The van der Waals surface area contributed by atoms with E-state index in [-0.39, 0.29) is 27.9 Å². The molecule has 0 bridgehead atoms. The molecule has 0 aliphatic heterocycles. The number of nitrogens with one attached hydrogen (secondary N) is 1. The highest BCUT2D eigenvalue weighted by Crippen LogP contribution is 2.24. The summed E-state index contributed by atoms with van der Waals surface area (Å²) in [6.07, 6.45) is 1.24. The van der Waals surface area contributed by atoms with Crippen molar-refractivity contribution in [2.45, 2.75) is 13.0 Å². The number of non-ortho nitro benzene ring substituents is 1. The monoisotopic (exact) mass is 355 g/mol. The summed E-state index contributed by atoms with van der Waals surface area (Å²) in [6.45, 7) is 1.79. The van der Waals surface area contributed by atoms with Crippen LogP contribution in [0.25, 0.3) is 6.08 Å². The molecule has 0 radical (unpaired) electrons. The molecule has 6 nitrogen and oxygen atoms in total. The Morgan fingerprint density at radius 1 is 1.32 bits per heavy atom. The van der Waals surface area contributed by atoms with E-state index < -0.39 is 10.8 Å². The average Bonchev–Trinajstić information content (AvgIpc) is 2.61. The van der Waals surface area contributed by atoms with Gasteiger partial charge in [-0.1, -0.05) is 41.9 Å². The van der Waals surface area contributed by atoms with Crippen LogP contribution in [0.2, 0.25) is 5.02 Å².